The van der Waals surface area contributed by atoms with Crippen LogP contribution in [0.1, 0.15) is 0 Å². The van der Waals surface area contributed by atoms with Crippen molar-refractivity contribution in [3.63, 3.8) is 0 Å². The highest BCUT2D eigenvalue weighted by Gasteiger charge is 2.10. The quantitative estimate of drug-likeness (QED) is 0.502. The number of nitrogens with zero attached hydrogens (tertiary/aromatic N) is 1. The van der Waals surface area contributed by atoms with Crippen molar-refractivity contribution in [2.75, 3.05) is 5.43 Å². The Balaban J connectivity index is 2.32. The number of nitrogen functional groups attached to an aromatic ring is 1. The Bertz CT molecular complexity index is 561. The zero-order valence-electron chi connectivity index (χ0n) is 9.37. The zero-order chi connectivity index (χ0) is 13.0. The van der Waals surface area contributed by atoms with E-state index in [1.807, 2.05) is 30.3 Å². The fraction of sp³-hybridized carbons (Fsp3) is 0. The second kappa shape index (κ2) is 5.52. The van der Waals surface area contributed by atoms with E-state index in [9.17, 15) is 10.1 Å². The molecule has 2 aromatic rings. The molecule has 0 saturated heterocycles. The van der Waals surface area contributed by atoms with Crippen LogP contribution in [0.2, 0.25) is 0 Å². The van der Waals surface area contributed by atoms with Gasteiger partial charge in [-0.05, 0) is 18.2 Å². The number of hydrogen-bond acceptors (Lipinski definition) is 5. The summed E-state index contributed by atoms with van der Waals surface area (Å²) in [5.41, 5.74) is 2.96. The van der Waals surface area contributed by atoms with E-state index in [2.05, 4.69) is 5.43 Å². The molecule has 18 heavy (non-hydrogen) atoms. The number of nitro benzene ring substituents is 1. The van der Waals surface area contributed by atoms with Crippen LogP contribution < -0.4 is 11.3 Å². The van der Waals surface area contributed by atoms with E-state index >= 15 is 0 Å². The minimum absolute atomic E-state index is 0.0175. The molecule has 3 N–H and O–H groups in total. The maximum absolute atomic E-state index is 10.8. The number of nitrogens with two attached hydrogens (primary N) is 1. The standard InChI is InChI=1S/C12H11N3O2S/c13-14-9-6-10(15(16)17)8-12(7-9)18-11-4-2-1-3-5-11/h1-8,14H,13H2. The van der Waals surface area contributed by atoms with Gasteiger partial charge in [-0.1, -0.05) is 30.0 Å². The Hall–Kier alpha value is -2.05. The van der Waals surface area contributed by atoms with Crippen LogP contribution in [0, 0.1) is 10.1 Å². The molecule has 0 aliphatic heterocycles. The lowest BCUT2D eigenvalue weighted by Crippen LogP contribution is -2.07. The van der Waals surface area contributed by atoms with Crippen molar-refractivity contribution >= 4 is 23.1 Å². The third kappa shape index (κ3) is 2.99. The lowest BCUT2D eigenvalue weighted by atomic mass is 10.3. The molecule has 0 saturated carbocycles. The summed E-state index contributed by atoms with van der Waals surface area (Å²) in [6.45, 7) is 0. The summed E-state index contributed by atoms with van der Waals surface area (Å²) in [4.78, 5) is 12.1. The Kier molecular flexibility index (Phi) is 3.81. The van der Waals surface area contributed by atoms with E-state index in [1.54, 1.807) is 6.07 Å². The Morgan fingerprint density at radius 2 is 1.83 bits per heavy atom. The molecule has 92 valence electrons. The summed E-state index contributed by atoms with van der Waals surface area (Å²) in [6.07, 6.45) is 0. The number of nitrogens with one attached hydrogen (secondary N) is 1. The van der Waals surface area contributed by atoms with Gasteiger partial charge in [-0.3, -0.25) is 16.0 Å². The van der Waals surface area contributed by atoms with Gasteiger partial charge in [-0.25, -0.2) is 0 Å². The Labute approximate surface area is 108 Å². The average Bonchev–Trinajstić information content (AvgIpc) is 2.39. The van der Waals surface area contributed by atoms with Gasteiger partial charge in [0.1, 0.15) is 0 Å². The van der Waals surface area contributed by atoms with Gasteiger partial charge in [0.15, 0.2) is 0 Å². The number of benzene rings is 2. The number of non-ortho nitro benzene ring substituents is 1. The molecule has 0 heterocycles. The first kappa shape index (κ1) is 12.4. The minimum Gasteiger partial charge on any atom is -0.324 e. The Morgan fingerprint density at radius 3 is 2.44 bits per heavy atom. The number of nitro groups is 1. The number of hydrazine groups is 1. The summed E-state index contributed by atoms with van der Waals surface area (Å²) in [6, 6.07) is 14.3. The first-order valence-corrected chi connectivity index (χ1v) is 5.99. The third-order valence-electron chi connectivity index (χ3n) is 2.25. The maximum atomic E-state index is 10.8. The van der Waals surface area contributed by atoms with Gasteiger partial charge in [-0.2, -0.15) is 0 Å². The normalized spacial score (nSPS) is 10.1. The van der Waals surface area contributed by atoms with E-state index in [0.29, 0.717) is 5.69 Å². The molecule has 0 radical (unpaired) electrons. The number of anilines is 1. The fourth-order valence-corrected chi connectivity index (χ4v) is 2.39. The van der Waals surface area contributed by atoms with Gasteiger partial charge in [0.05, 0.1) is 10.6 Å². The van der Waals surface area contributed by atoms with Gasteiger partial charge in [0.25, 0.3) is 5.69 Å². The first-order valence-electron chi connectivity index (χ1n) is 5.18. The molecule has 0 aliphatic rings. The SMILES string of the molecule is NNc1cc(Sc2ccccc2)cc([N+](=O)[O-])c1. The lowest BCUT2D eigenvalue weighted by molar-refractivity contribution is -0.385. The zero-order valence-corrected chi connectivity index (χ0v) is 10.2. The summed E-state index contributed by atoms with van der Waals surface area (Å²) in [7, 11) is 0. The van der Waals surface area contributed by atoms with Crippen LogP contribution in [0.5, 0.6) is 0 Å². The van der Waals surface area contributed by atoms with Crippen molar-refractivity contribution in [1.82, 2.24) is 0 Å². The molecule has 0 spiro atoms. The molecule has 2 aromatic carbocycles. The van der Waals surface area contributed by atoms with Crippen LogP contribution in [-0.4, -0.2) is 4.92 Å². The molecule has 0 bridgehead atoms. The maximum Gasteiger partial charge on any atom is 0.272 e. The van der Waals surface area contributed by atoms with E-state index < -0.39 is 4.92 Å². The van der Waals surface area contributed by atoms with Crippen LogP contribution in [0.4, 0.5) is 11.4 Å². The average molecular weight is 261 g/mol. The molecular formula is C12H11N3O2S. The molecule has 2 rings (SSSR count). The molecule has 0 amide bonds. The second-order valence-corrected chi connectivity index (χ2v) is 4.68. The van der Waals surface area contributed by atoms with Gasteiger partial charge >= 0.3 is 0 Å². The van der Waals surface area contributed by atoms with Gasteiger partial charge < -0.3 is 5.43 Å². The molecule has 0 atom stereocenters. The van der Waals surface area contributed by atoms with E-state index in [0.717, 1.165) is 9.79 Å². The van der Waals surface area contributed by atoms with Crippen molar-refractivity contribution in [3.8, 4) is 0 Å². The topological polar surface area (TPSA) is 81.2 Å². The molecule has 0 aliphatic carbocycles. The van der Waals surface area contributed by atoms with Crippen LogP contribution >= 0.6 is 11.8 Å². The van der Waals surface area contributed by atoms with Crippen LogP contribution in [0.25, 0.3) is 0 Å². The highest BCUT2D eigenvalue weighted by Crippen LogP contribution is 2.32. The summed E-state index contributed by atoms with van der Waals surface area (Å²) in [5.74, 6) is 5.30. The van der Waals surface area contributed by atoms with Gasteiger partial charge in [0.2, 0.25) is 0 Å². The number of hydrogen-bond donors (Lipinski definition) is 2. The molecule has 0 aromatic heterocycles. The number of rotatable bonds is 4. The second-order valence-electron chi connectivity index (χ2n) is 3.53. The first-order chi connectivity index (χ1) is 8.69. The van der Waals surface area contributed by atoms with Crippen LogP contribution in [-0.2, 0) is 0 Å². The van der Waals surface area contributed by atoms with Gasteiger partial charge in [-0.15, -0.1) is 0 Å². The van der Waals surface area contributed by atoms with Crippen molar-refractivity contribution in [2.45, 2.75) is 9.79 Å². The highest BCUT2D eigenvalue weighted by atomic mass is 32.2. The predicted molar refractivity (Wildman–Crippen MR) is 71.5 cm³/mol. The third-order valence-corrected chi connectivity index (χ3v) is 3.23. The van der Waals surface area contributed by atoms with Crippen LogP contribution in [0.3, 0.4) is 0 Å². The monoisotopic (exact) mass is 261 g/mol. The largest absolute Gasteiger partial charge is 0.324 e. The van der Waals surface area contributed by atoms with Crippen molar-refractivity contribution in [1.29, 1.82) is 0 Å². The van der Waals surface area contributed by atoms with Gasteiger partial charge in [0, 0.05) is 21.9 Å². The molecule has 0 unspecified atom stereocenters. The molecule has 5 nitrogen and oxygen atoms in total. The Morgan fingerprint density at radius 1 is 1.11 bits per heavy atom. The highest BCUT2D eigenvalue weighted by molar-refractivity contribution is 7.99. The predicted octanol–water partition coefficient (Wildman–Crippen LogP) is 3.03. The molecule has 6 heteroatoms. The van der Waals surface area contributed by atoms with E-state index in [4.69, 9.17) is 5.84 Å². The van der Waals surface area contributed by atoms with Crippen molar-refractivity contribution < 1.29 is 4.92 Å². The van der Waals surface area contributed by atoms with E-state index in [-0.39, 0.29) is 5.69 Å². The summed E-state index contributed by atoms with van der Waals surface area (Å²) >= 11 is 1.45. The summed E-state index contributed by atoms with van der Waals surface area (Å²) < 4.78 is 0. The van der Waals surface area contributed by atoms with Crippen molar-refractivity contribution in [3.05, 3.63) is 58.6 Å². The lowest BCUT2D eigenvalue weighted by Gasteiger charge is -2.05. The molecule has 0 fully saturated rings. The summed E-state index contributed by atoms with van der Waals surface area (Å²) in [5, 5.41) is 10.8. The minimum atomic E-state index is -0.435. The van der Waals surface area contributed by atoms with Crippen molar-refractivity contribution in [2.24, 2.45) is 5.84 Å². The van der Waals surface area contributed by atoms with Crippen LogP contribution in [0.15, 0.2) is 58.3 Å². The molecular weight excluding hydrogens is 250 g/mol. The smallest absolute Gasteiger partial charge is 0.272 e. The van der Waals surface area contributed by atoms with E-state index in [1.165, 1.54) is 23.9 Å². The fourth-order valence-electron chi connectivity index (χ4n) is 1.46.